The quantitative estimate of drug-likeness (QED) is 0.445. The SMILES string of the molecule is CCOC(=O)CC(c1ccncc1)c1ccc(OCC2COc3ccc(Cl)cc3O2)cc1. The zero-order valence-corrected chi connectivity index (χ0v) is 18.5. The fourth-order valence-corrected chi connectivity index (χ4v) is 3.73. The molecule has 0 N–H and O–H groups in total. The van der Waals surface area contributed by atoms with Crippen molar-refractivity contribution >= 4 is 17.6 Å². The minimum absolute atomic E-state index is 0.123. The van der Waals surface area contributed by atoms with Crippen molar-refractivity contribution < 1.29 is 23.7 Å². The Labute approximate surface area is 192 Å². The third-order valence-corrected chi connectivity index (χ3v) is 5.36. The van der Waals surface area contributed by atoms with E-state index in [1.807, 2.05) is 36.4 Å². The van der Waals surface area contributed by atoms with Crippen molar-refractivity contribution in [3.8, 4) is 17.2 Å². The first kappa shape index (κ1) is 22.0. The second kappa shape index (κ2) is 10.4. The monoisotopic (exact) mass is 453 g/mol. The largest absolute Gasteiger partial charge is 0.490 e. The van der Waals surface area contributed by atoms with Crippen LogP contribution in [0.2, 0.25) is 5.02 Å². The summed E-state index contributed by atoms with van der Waals surface area (Å²) in [5, 5.41) is 0.594. The molecule has 32 heavy (non-hydrogen) atoms. The van der Waals surface area contributed by atoms with Gasteiger partial charge in [-0.25, -0.2) is 0 Å². The number of nitrogens with zero attached hydrogens (tertiary/aromatic N) is 1. The predicted octanol–water partition coefficient (Wildman–Crippen LogP) is 5.04. The number of rotatable bonds is 8. The van der Waals surface area contributed by atoms with Crippen molar-refractivity contribution in [2.24, 2.45) is 0 Å². The van der Waals surface area contributed by atoms with Gasteiger partial charge in [0.05, 0.1) is 13.0 Å². The van der Waals surface area contributed by atoms with Crippen LogP contribution in [-0.2, 0) is 9.53 Å². The number of fused-ring (bicyclic) bond motifs is 1. The van der Waals surface area contributed by atoms with E-state index in [9.17, 15) is 4.79 Å². The molecule has 2 aromatic carbocycles. The van der Waals surface area contributed by atoms with E-state index in [1.165, 1.54) is 0 Å². The summed E-state index contributed by atoms with van der Waals surface area (Å²) in [6.45, 7) is 2.90. The number of hydrogen-bond acceptors (Lipinski definition) is 6. The Balaban J connectivity index is 1.40. The van der Waals surface area contributed by atoms with Gasteiger partial charge in [0, 0.05) is 29.4 Å². The predicted molar refractivity (Wildman–Crippen MR) is 121 cm³/mol. The molecule has 0 saturated heterocycles. The molecule has 0 bridgehead atoms. The standard InChI is InChI=1S/C25H24ClNO5/c1-2-29-25(28)14-22(18-9-11-27-12-10-18)17-3-6-20(7-4-17)30-15-21-16-31-23-8-5-19(26)13-24(23)32-21/h3-13,21-22H,2,14-16H2,1H3. The van der Waals surface area contributed by atoms with Gasteiger partial charge < -0.3 is 18.9 Å². The third kappa shape index (κ3) is 5.51. The highest BCUT2D eigenvalue weighted by atomic mass is 35.5. The minimum atomic E-state index is -0.242. The minimum Gasteiger partial charge on any atom is -0.490 e. The highest BCUT2D eigenvalue weighted by molar-refractivity contribution is 6.30. The lowest BCUT2D eigenvalue weighted by atomic mass is 9.89. The molecule has 0 amide bonds. The molecule has 2 atom stereocenters. The molecule has 2 heterocycles. The zero-order chi connectivity index (χ0) is 22.3. The van der Waals surface area contributed by atoms with Crippen LogP contribution >= 0.6 is 11.6 Å². The van der Waals surface area contributed by atoms with Gasteiger partial charge in [-0.2, -0.15) is 0 Å². The summed E-state index contributed by atoms with van der Waals surface area (Å²) in [6.07, 6.45) is 3.47. The Kier molecular flexibility index (Phi) is 7.12. The molecule has 0 saturated carbocycles. The number of halogens is 1. The Morgan fingerprint density at radius 2 is 1.84 bits per heavy atom. The molecule has 3 aromatic rings. The summed E-state index contributed by atoms with van der Waals surface area (Å²) in [5.41, 5.74) is 2.00. The summed E-state index contributed by atoms with van der Waals surface area (Å²) in [6, 6.07) is 16.8. The van der Waals surface area contributed by atoms with E-state index in [-0.39, 0.29) is 24.4 Å². The van der Waals surface area contributed by atoms with E-state index in [0.717, 1.165) is 11.1 Å². The van der Waals surface area contributed by atoms with E-state index in [1.54, 1.807) is 37.5 Å². The van der Waals surface area contributed by atoms with E-state index < -0.39 is 0 Å². The molecular weight excluding hydrogens is 430 g/mol. The van der Waals surface area contributed by atoms with Crippen LogP contribution in [0, 0.1) is 0 Å². The highest BCUT2D eigenvalue weighted by Gasteiger charge is 2.22. The molecule has 7 heteroatoms. The van der Waals surface area contributed by atoms with Crippen molar-refractivity contribution in [2.75, 3.05) is 19.8 Å². The molecule has 0 spiro atoms. The average molecular weight is 454 g/mol. The van der Waals surface area contributed by atoms with Gasteiger partial charge in [-0.1, -0.05) is 23.7 Å². The van der Waals surface area contributed by atoms with Gasteiger partial charge in [0.15, 0.2) is 17.6 Å². The van der Waals surface area contributed by atoms with Crippen molar-refractivity contribution in [1.29, 1.82) is 0 Å². The van der Waals surface area contributed by atoms with Crippen LogP contribution in [0.5, 0.6) is 17.2 Å². The van der Waals surface area contributed by atoms with Crippen LogP contribution in [0.15, 0.2) is 67.0 Å². The number of pyridine rings is 1. The van der Waals surface area contributed by atoms with E-state index >= 15 is 0 Å². The van der Waals surface area contributed by atoms with Crippen molar-refractivity contribution in [1.82, 2.24) is 4.98 Å². The topological polar surface area (TPSA) is 66.9 Å². The van der Waals surface area contributed by atoms with Crippen LogP contribution in [0.25, 0.3) is 0 Å². The number of benzene rings is 2. The first-order valence-electron chi connectivity index (χ1n) is 10.5. The van der Waals surface area contributed by atoms with Crippen LogP contribution in [-0.4, -0.2) is 36.9 Å². The van der Waals surface area contributed by atoms with Crippen LogP contribution in [0.3, 0.4) is 0 Å². The van der Waals surface area contributed by atoms with E-state index in [2.05, 4.69) is 4.98 Å². The smallest absolute Gasteiger partial charge is 0.306 e. The molecule has 1 aliphatic rings. The van der Waals surface area contributed by atoms with Gasteiger partial charge in [-0.15, -0.1) is 0 Å². The second-order valence-corrected chi connectivity index (χ2v) is 7.80. The van der Waals surface area contributed by atoms with E-state index in [0.29, 0.717) is 42.1 Å². The lowest BCUT2D eigenvalue weighted by molar-refractivity contribution is -0.143. The maximum Gasteiger partial charge on any atom is 0.306 e. The normalized spacial score (nSPS) is 15.6. The van der Waals surface area contributed by atoms with Gasteiger partial charge in [0.2, 0.25) is 0 Å². The highest BCUT2D eigenvalue weighted by Crippen LogP contribution is 2.34. The number of carbonyl (C=O) groups excluding carboxylic acids is 1. The number of carbonyl (C=O) groups is 1. The fraction of sp³-hybridized carbons (Fsp3) is 0.280. The van der Waals surface area contributed by atoms with Gasteiger partial charge in [-0.05, 0) is 54.4 Å². The fourth-order valence-electron chi connectivity index (χ4n) is 3.57. The third-order valence-electron chi connectivity index (χ3n) is 5.13. The molecule has 1 aromatic heterocycles. The molecule has 1 aliphatic heterocycles. The molecule has 0 radical (unpaired) electrons. The zero-order valence-electron chi connectivity index (χ0n) is 17.7. The number of esters is 1. The summed E-state index contributed by atoms with van der Waals surface area (Å²) in [5.74, 6) is 1.65. The maximum atomic E-state index is 12.2. The Hall–Kier alpha value is -3.25. The molecule has 0 aliphatic carbocycles. The van der Waals surface area contributed by atoms with Crippen LogP contribution in [0.4, 0.5) is 0 Å². The van der Waals surface area contributed by atoms with Crippen LogP contribution < -0.4 is 14.2 Å². The second-order valence-electron chi connectivity index (χ2n) is 7.36. The summed E-state index contributed by atoms with van der Waals surface area (Å²) in [7, 11) is 0. The number of ether oxygens (including phenoxy) is 4. The van der Waals surface area contributed by atoms with Crippen molar-refractivity contribution in [2.45, 2.75) is 25.4 Å². The van der Waals surface area contributed by atoms with Crippen molar-refractivity contribution in [3.05, 3.63) is 83.1 Å². The number of hydrogen-bond donors (Lipinski definition) is 0. The van der Waals surface area contributed by atoms with E-state index in [4.69, 9.17) is 30.5 Å². The lowest BCUT2D eigenvalue weighted by Crippen LogP contribution is -2.34. The lowest BCUT2D eigenvalue weighted by Gasteiger charge is -2.26. The average Bonchev–Trinajstić information content (AvgIpc) is 2.82. The molecule has 0 fully saturated rings. The van der Waals surface area contributed by atoms with Gasteiger partial charge >= 0.3 is 5.97 Å². The molecule has 166 valence electrons. The molecule has 2 unspecified atom stereocenters. The number of aromatic nitrogens is 1. The summed E-state index contributed by atoms with van der Waals surface area (Å²) in [4.78, 5) is 16.2. The van der Waals surface area contributed by atoms with Crippen LogP contribution in [0.1, 0.15) is 30.4 Å². The summed E-state index contributed by atoms with van der Waals surface area (Å²) >= 11 is 6.03. The van der Waals surface area contributed by atoms with Crippen molar-refractivity contribution in [3.63, 3.8) is 0 Å². The van der Waals surface area contributed by atoms with Gasteiger partial charge in [0.1, 0.15) is 19.0 Å². The molecule has 4 rings (SSSR count). The maximum absolute atomic E-state index is 12.2. The Morgan fingerprint density at radius 3 is 2.59 bits per heavy atom. The Morgan fingerprint density at radius 1 is 1.09 bits per heavy atom. The summed E-state index contributed by atoms with van der Waals surface area (Å²) < 4.78 is 22.7. The van der Waals surface area contributed by atoms with Gasteiger partial charge in [-0.3, -0.25) is 9.78 Å². The van der Waals surface area contributed by atoms with Gasteiger partial charge in [0.25, 0.3) is 0 Å². The molecule has 6 nitrogen and oxygen atoms in total. The molecular formula is C25H24ClNO5. The first-order chi connectivity index (χ1) is 15.6. The Bertz CT molecular complexity index is 1040. The first-order valence-corrected chi connectivity index (χ1v) is 10.9.